The van der Waals surface area contributed by atoms with Crippen LogP contribution in [0.1, 0.15) is 30.9 Å². The Bertz CT molecular complexity index is 455. The maximum absolute atomic E-state index is 2.35. The summed E-state index contributed by atoms with van der Waals surface area (Å²) in [6.07, 6.45) is 3.77. The van der Waals surface area contributed by atoms with Gasteiger partial charge in [-0.05, 0) is 41.7 Å². The molecular weight excluding hydrogens is 180 g/mol. The molecule has 0 radical (unpaired) electrons. The molecule has 0 nitrogen and oxygen atoms in total. The second-order valence-corrected chi connectivity index (χ2v) is 4.23. The first-order chi connectivity index (χ1) is 7.31. The number of rotatable bonds is 3. The summed E-state index contributed by atoms with van der Waals surface area (Å²) in [4.78, 5) is 0. The molecule has 0 heterocycles. The van der Waals surface area contributed by atoms with Gasteiger partial charge in [0, 0.05) is 0 Å². The molecule has 0 saturated carbocycles. The van der Waals surface area contributed by atoms with Gasteiger partial charge in [-0.2, -0.15) is 0 Å². The van der Waals surface area contributed by atoms with Crippen molar-refractivity contribution >= 4 is 10.8 Å². The molecule has 0 saturated heterocycles. The van der Waals surface area contributed by atoms with Gasteiger partial charge in [0.1, 0.15) is 0 Å². The standard InChI is InChI=1S/C15H18/c1-3-4-7-13-9-10-14-8-5-6-12(2)15(14)11-13/h5-6,8-11H,3-4,7H2,1-2H3. The van der Waals surface area contributed by atoms with Crippen molar-refractivity contribution in [2.24, 2.45) is 0 Å². The molecule has 0 fully saturated rings. The van der Waals surface area contributed by atoms with Crippen molar-refractivity contribution in [1.82, 2.24) is 0 Å². The molecule has 0 bridgehead atoms. The van der Waals surface area contributed by atoms with Crippen LogP contribution >= 0.6 is 0 Å². The summed E-state index contributed by atoms with van der Waals surface area (Å²) in [5.74, 6) is 0. The van der Waals surface area contributed by atoms with E-state index >= 15 is 0 Å². The zero-order valence-electron chi connectivity index (χ0n) is 9.59. The van der Waals surface area contributed by atoms with Crippen LogP contribution in [-0.2, 0) is 6.42 Å². The van der Waals surface area contributed by atoms with Crippen LogP contribution in [0.25, 0.3) is 10.8 Å². The normalized spacial score (nSPS) is 10.8. The summed E-state index contributed by atoms with van der Waals surface area (Å²) in [6.45, 7) is 4.43. The predicted octanol–water partition coefficient (Wildman–Crippen LogP) is 4.49. The zero-order valence-corrected chi connectivity index (χ0v) is 9.59. The number of benzene rings is 2. The van der Waals surface area contributed by atoms with Gasteiger partial charge in [0.25, 0.3) is 0 Å². The lowest BCUT2D eigenvalue weighted by Crippen LogP contribution is -1.86. The number of hydrogen-bond acceptors (Lipinski definition) is 0. The van der Waals surface area contributed by atoms with E-state index in [4.69, 9.17) is 0 Å². The summed E-state index contributed by atoms with van der Waals surface area (Å²) < 4.78 is 0. The van der Waals surface area contributed by atoms with Crippen LogP contribution in [-0.4, -0.2) is 0 Å². The van der Waals surface area contributed by atoms with Crippen LogP contribution in [0.3, 0.4) is 0 Å². The van der Waals surface area contributed by atoms with Gasteiger partial charge in [-0.25, -0.2) is 0 Å². The van der Waals surface area contributed by atoms with E-state index < -0.39 is 0 Å². The van der Waals surface area contributed by atoms with Crippen LogP contribution < -0.4 is 0 Å². The van der Waals surface area contributed by atoms with Crippen LogP contribution in [0, 0.1) is 6.92 Å². The first-order valence-corrected chi connectivity index (χ1v) is 5.79. The van der Waals surface area contributed by atoms with Gasteiger partial charge in [0.05, 0.1) is 0 Å². The summed E-state index contributed by atoms with van der Waals surface area (Å²) >= 11 is 0. The number of unbranched alkanes of at least 4 members (excludes halogenated alkanes) is 1. The van der Waals surface area contributed by atoms with Gasteiger partial charge in [-0.3, -0.25) is 0 Å². The van der Waals surface area contributed by atoms with Crippen molar-refractivity contribution in [2.75, 3.05) is 0 Å². The summed E-state index contributed by atoms with van der Waals surface area (Å²) in [6, 6.07) is 13.4. The number of fused-ring (bicyclic) bond motifs is 1. The largest absolute Gasteiger partial charge is 0.0654 e. The van der Waals surface area contributed by atoms with E-state index in [1.807, 2.05) is 0 Å². The van der Waals surface area contributed by atoms with Crippen molar-refractivity contribution in [1.29, 1.82) is 0 Å². The molecule has 0 heteroatoms. The molecule has 0 aliphatic heterocycles. The highest BCUT2D eigenvalue weighted by molar-refractivity contribution is 5.86. The molecule has 15 heavy (non-hydrogen) atoms. The lowest BCUT2D eigenvalue weighted by Gasteiger charge is -2.05. The molecule has 0 amide bonds. The topological polar surface area (TPSA) is 0 Å². The molecule has 0 aromatic heterocycles. The highest BCUT2D eigenvalue weighted by Gasteiger charge is 1.98. The third-order valence-corrected chi connectivity index (χ3v) is 2.98. The van der Waals surface area contributed by atoms with Gasteiger partial charge in [-0.1, -0.05) is 49.7 Å². The van der Waals surface area contributed by atoms with Crippen molar-refractivity contribution < 1.29 is 0 Å². The minimum absolute atomic E-state index is 1.21. The highest BCUT2D eigenvalue weighted by Crippen LogP contribution is 2.20. The lowest BCUT2D eigenvalue weighted by atomic mass is 10.0. The fraction of sp³-hybridized carbons (Fsp3) is 0.333. The molecule has 2 aromatic rings. The Morgan fingerprint density at radius 3 is 2.73 bits per heavy atom. The second kappa shape index (κ2) is 4.48. The maximum Gasteiger partial charge on any atom is -0.0152 e. The quantitative estimate of drug-likeness (QED) is 0.681. The van der Waals surface area contributed by atoms with E-state index in [1.165, 1.54) is 41.2 Å². The predicted molar refractivity (Wildman–Crippen MR) is 67.3 cm³/mol. The van der Waals surface area contributed by atoms with E-state index in [2.05, 4.69) is 50.2 Å². The monoisotopic (exact) mass is 198 g/mol. The van der Waals surface area contributed by atoms with Crippen molar-refractivity contribution in [3.8, 4) is 0 Å². The molecule has 0 spiro atoms. The van der Waals surface area contributed by atoms with Crippen LogP contribution in [0.4, 0.5) is 0 Å². The molecule has 2 rings (SSSR count). The molecule has 0 N–H and O–H groups in total. The van der Waals surface area contributed by atoms with Crippen molar-refractivity contribution in [2.45, 2.75) is 33.1 Å². The minimum Gasteiger partial charge on any atom is -0.0654 e. The van der Waals surface area contributed by atoms with E-state index in [1.54, 1.807) is 0 Å². The zero-order chi connectivity index (χ0) is 10.7. The average molecular weight is 198 g/mol. The van der Waals surface area contributed by atoms with Gasteiger partial charge in [0.15, 0.2) is 0 Å². The highest BCUT2D eigenvalue weighted by atomic mass is 14.0. The van der Waals surface area contributed by atoms with E-state index in [0.29, 0.717) is 0 Å². The Morgan fingerprint density at radius 1 is 1.07 bits per heavy atom. The maximum atomic E-state index is 2.35. The number of aryl methyl sites for hydroxylation is 2. The molecule has 0 aliphatic carbocycles. The fourth-order valence-electron chi connectivity index (χ4n) is 2.01. The third-order valence-electron chi connectivity index (χ3n) is 2.98. The molecule has 2 aromatic carbocycles. The first kappa shape index (κ1) is 10.2. The molecule has 78 valence electrons. The smallest absolute Gasteiger partial charge is 0.0152 e. The van der Waals surface area contributed by atoms with Gasteiger partial charge in [0.2, 0.25) is 0 Å². The Kier molecular flexibility index (Phi) is 3.05. The SMILES string of the molecule is CCCCc1ccc2cccc(C)c2c1. The Labute approximate surface area is 91.9 Å². The first-order valence-electron chi connectivity index (χ1n) is 5.79. The summed E-state index contributed by atoms with van der Waals surface area (Å²) in [5, 5.41) is 2.77. The Hall–Kier alpha value is -1.30. The van der Waals surface area contributed by atoms with Crippen LogP contribution in [0.15, 0.2) is 36.4 Å². The van der Waals surface area contributed by atoms with Crippen LogP contribution in [0.5, 0.6) is 0 Å². The van der Waals surface area contributed by atoms with E-state index in [9.17, 15) is 0 Å². The van der Waals surface area contributed by atoms with Gasteiger partial charge in [-0.15, -0.1) is 0 Å². The Morgan fingerprint density at radius 2 is 1.93 bits per heavy atom. The summed E-state index contributed by atoms with van der Waals surface area (Å²) in [7, 11) is 0. The van der Waals surface area contributed by atoms with Crippen molar-refractivity contribution in [3.05, 3.63) is 47.5 Å². The fourth-order valence-corrected chi connectivity index (χ4v) is 2.01. The molecule has 0 aliphatic rings. The minimum atomic E-state index is 1.21. The Balaban J connectivity index is 2.41. The number of hydrogen-bond donors (Lipinski definition) is 0. The van der Waals surface area contributed by atoms with Gasteiger partial charge >= 0.3 is 0 Å². The molecule has 0 atom stereocenters. The third kappa shape index (κ3) is 2.20. The molecular formula is C15H18. The van der Waals surface area contributed by atoms with Crippen LogP contribution in [0.2, 0.25) is 0 Å². The summed E-state index contributed by atoms with van der Waals surface area (Å²) in [5.41, 5.74) is 2.85. The molecule has 0 unspecified atom stereocenters. The van der Waals surface area contributed by atoms with E-state index in [0.717, 1.165) is 0 Å². The lowest BCUT2D eigenvalue weighted by molar-refractivity contribution is 0.796. The van der Waals surface area contributed by atoms with Gasteiger partial charge < -0.3 is 0 Å². The average Bonchev–Trinajstić information content (AvgIpc) is 2.27. The van der Waals surface area contributed by atoms with Crippen molar-refractivity contribution in [3.63, 3.8) is 0 Å². The van der Waals surface area contributed by atoms with E-state index in [-0.39, 0.29) is 0 Å². The second-order valence-electron chi connectivity index (χ2n) is 4.23.